The molecule has 0 spiro atoms. The van der Waals surface area contributed by atoms with Gasteiger partial charge in [0.05, 0.1) is 0 Å². The summed E-state index contributed by atoms with van der Waals surface area (Å²) < 4.78 is 0. The molecular weight excluding hydrogens is 218 g/mol. The summed E-state index contributed by atoms with van der Waals surface area (Å²) in [7, 11) is 0. The fraction of sp³-hybridized carbons (Fsp3) is 0.571. The van der Waals surface area contributed by atoms with Crippen LogP contribution >= 0.6 is 12.4 Å². The van der Waals surface area contributed by atoms with E-state index in [1.807, 2.05) is 0 Å². The summed E-state index contributed by atoms with van der Waals surface area (Å²) in [6.07, 6.45) is 7.78. The molecule has 1 fully saturated rings. The Balaban J connectivity index is 0.000000963. The minimum atomic E-state index is 0. The molecule has 0 radical (unpaired) electrons. The Labute approximate surface area is 104 Å². The van der Waals surface area contributed by atoms with Crippen LogP contribution in [0.4, 0.5) is 0 Å². The Kier molecular flexibility index (Phi) is 3.27. The summed E-state index contributed by atoms with van der Waals surface area (Å²) >= 11 is 0. The molecule has 0 amide bonds. The minimum absolute atomic E-state index is 0. The molecule has 2 N–H and O–H groups in total. The molecule has 0 heterocycles. The second-order valence-electron chi connectivity index (χ2n) is 5.20. The molecule has 1 aromatic carbocycles. The third-order valence-electron chi connectivity index (χ3n) is 4.36. The highest BCUT2D eigenvalue weighted by atomic mass is 35.5. The van der Waals surface area contributed by atoms with Crippen LogP contribution in [0.5, 0.6) is 0 Å². The molecule has 2 aliphatic carbocycles. The second kappa shape index (κ2) is 4.38. The number of halogens is 1. The zero-order valence-electron chi connectivity index (χ0n) is 9.61. The van der Waals surface area contributed by atoms with E-state index < -0.39 is 0 Å². The summed E-state index contributed by atoms with van der Waals surface area (Å²) in [6.45, 7) is 0. The van der Waals surface area contributed by atoms with Gasteiger partial charge < -0.3 is 5.73 Å². The molecule has 0 saturated heterocycles. The van der Waals surface area contributed by atoms with Crippen molar-refractivity contribution in [2.75, 3.05) is 0 Å². The molecule has 1 aromatic rings. The van der Waals surface area contributed by atoms with E-state index in [1.54, 1.807) is 0 Å². The van der Waals surface area contributed by atoms with Crippen LogP contribution in [0.1, 0.15) is 43.2 Å². The van der Waals surface area contributed by atoms with E-state index in [4.69, 9.17) is 5.73 Å². The maximum atomic E-state index is 6.68. The van der Waals surface area contributed by atoms with E-state index in [0.29, 0.717) is 5.92 Å². The molecule has 16 heavy (non-hydrogen) atoms. The highest BCUT2D eigenvalue weighted by Gasteiger charge is 2.43. The summed E-state index contributed by atoms with van der Waals surface area (Å²) in [6, 6.07) is 8.80. The first kappa shape index (κ1) is 11.9. The van der Waals surface area contributed by atoms with Crippen molar-refractivity contribution in [2.45, 2.75) is 44.1 Å². The Morgan fingerprint density at radius 2 is 1.94 bits per heavy atom. The van der Waals surface area contributed by atoms with E-state index in [1.165, 1.54) is 49.7 Å². The van der Waals surface area contributed by atoms with Gasteiger partial charge >= 0.3 is 0 Å². The maximum Gasteiger partial charge on any atom is 0.0444 e. The molecule has 0 bridgehead atoms. The van der Waals surface area contributed by atoms with Crippen molar-refractivity contribution in [3.63, 3.8) is 0 Å². The van der Waals surface area contributed by atoms with Gasteiger partial charge in [-0.25, -0.2) is 0 Å². The van der Waals surface area contributed by atoms with Crippen LogP contribution < -0.4 is 5.73 Å². The van der Waals surface area contributed by atoms with Crippen molar-refractivity contribution >= 4 is 12.4 Å². The molecule has 2 aliphatic rings. The van der Waals surface area contributed by atoms with Gasteiger partial charge in [0.1, 0.15) is 0 Å². The molecule has 3 rings (SSSR count). The summed E-state index contributed by atoms with van der Waals surface area (Å²) in [5, 5.41) is 0. The largest absolute Gasteiger partial charge is 0.321 e. The molecular formula is C14H20ClN. The highest BCUT2D eigenvalue weighted by Crippen LogP contribution is 2.46. The average molecular weight is 238 g/mol. The van der Waals surface area contributed by atoms with Gasteiger partial charge in [0.25, 0.3) is 0 Å². The van der Waals surface area contributed by atoms with Crippen molar-refractivity contribution in [3.8, 4) is 0 Å². The summed E-state index contributed by atoms with van der Waals surface area (Å²) in [5.74, 6) is 0.706. The van der Waals surface area contributed by atoms with E-state index >= 15 is 0 Å². The van der Waals surface area contributed by atoms with Gasteiger partial charge in [-0.2, -0.15) is 0 Å². The van der Waals surface area contributed by atoms with Gasteiger partial charge in [-0.05, 0) is 36.3 Å². The molecule has 1 saturated carbocycles. The predicted molar refractivity (Wildman–Crippen MR) is 69.8 cm³/mol. The fourth-order valence-electron chi connectivity index (χ4n) is 3.50. The van der Waals surface area contributed by atoms with Crippen molar-refractivity contribution in [2.24, 2.45) is 11.7 Å². The standard InChI is InChI=1S/C14H19N.ClH/c15-14-9-5-1-2-7-12(14)10-11-6-3-4-8-13(11)14;/h3-4,6,8,12H,1-2,5,7,9-10,15H2;1H/t12-,14+;/m0./s1. The monoisotopic (exact) mass is 237 g/mol. The van der Waals surface area contributed by atoms with E-state index in [-0.39, 0.29) is 17.9 Å². The molecule has 0 aliphatic heterocycles. The Bertz CT molecular complexity index is 377. The number of hydrogen-bond donors (Lipinski definition) is 1. The smallest absolute Gasteiger partial charge is 0.0444 e. The molecule has 2 heteroatoms. The van der Waals surface area contributed by atoms with Gasteiger partial charge in [-0.3, -0.25) is 0 Å². The number of benzene rings is 1. The average Bonchev–Trinajstić information content (AvgIpc) is 2.41. The number of fused-ring (bicyclic) bond motifs is 3. The first-order valence-electron chi connectivity index (χ1n) is 6.18. The second-order valence-corrected chi connectivity index (χ2v) is 5.20. The lowest BCUT2D eigenvalue weighted by atomic mass is 9.81. The predicted octanol–water partition coefficient (Wildman–Crippen LogP) is 3.40. The van der Waals surface area contributed by atoms with Crippen molar-refractivity contribution in [1.82, 2.24) is 0 Å². The summed E-state index contributed by atoms with van der Waals surface area (Å²) in [5.41, 5.74) is 9.63. The van der Waals surface area contributed by atoms with Crippen molar-refractivity contribution in [3.05, 3.63) is 35.4 Å². The van der Waals surface area contributed by atoms with Gasteiger partial charge in [0.2, 0.25) is 0 Å². The van der Waals surface area contributed by atoms with Crippen LogP contribution in [-0.4, -0.2) is 0 Å². The van der Waals surface area contributed by atoms with Crippen LogP contribution in [0.3, 0.4) is 0 Å². The summed E-state index contributed by atoms with van der Waals surface area (Å²) in [4.78, 5) is 0. The van der Waals surface area contributed by atoms with Gasteiger partial charge in [-0.1, -0.05) is 43.5 Å². The Morgan fingerprint density at radius 3 is 2.81 bits per heavy atom. The van der Waals surface area contributed by atoms with Crippen LogP contribution in [0, 0.1) is 5.92 Å². The van der Waals surface area contributed by atoms with Gasteiger partial charge in [0, 0.05) is 5.54 Å². The Hall–Kier alpha value is -0.530. The zero-order valence-corrected chi connectivity index (χ0v) is 10.4. The number of hydrogen-bond acceptors (Lipinski definition) is 1. The van der Waals surface area contributed by atoms with E-state index in [0.717, 1.165) is 0 Å². The van der Waals surface area contributed by atoms with E-state index in [2.05, 4.69) is 24.3 Å². The zero-order chi connectivity index (χ0) is 10.3. The van der Waals surface area contributed by atoms with Crippen molar-refractivity contribution < 1.29 is 0 Å². The fourth-order valence-corrected chi connectivity index (χ4v) is 3.50. The van der Waals surface area contributed by atoms with Crippen molar-refractivity contribution in [1.29, 1.82) is 0 Å². The molecule has 0 unspecified atom stereocenters. The van der Waals surface area contributed by atoms with Gasteiger partial charge in [0.15, 0.2) is 0 Å². The lowest BCUT2D eigenvalue weighted by molar-refractivity contribution is 0.283. The van der Waals surface area contributed by atoms with Crippen LogP contribution in [-0.2, 0) is 12.0 Å². The maximum absolute atomic E-state index is 6.68. The first-order chi connectivity index (χ1) is 7.31. The lowest BCUT2D eigenvalue weighted by Gasteiger charge is -2.30. The van der Waals surface area contributed by atoms with Gasteiger partial charge in [-0.15, -0.1) is 12.4 Å². The topological polar surface area (TPSA) is 26.0 Å². The molecule has 88 valence electrons. The number of rotatable bonds is 0. The lowest BCUT2D eigenvalue weighted by Crippen LogP contribution is -2.40. The van der Waals surface area contributed by atoms with Crippen LogP contribution in [0.15, 0.2) is 24.3 Å². The number of nitrogens with two attached hydrogens (primary N) is 1. The van der Waals surface area contributed by atoms with E-state index in [9.17, 15) is 0 Å². The normalized spacial score (nSPS) is 32.2. The minimum Gasteiger partial charge on any atom is -0.321 e. The molecule has 1 nitrogen and oxygen atoms in total. The Morgan fingerprint density at radius 1 is 1.12 bits per heavy atom. The third kappa shape index (κ3) is 1.66. The quantitative estimate of drug-likeness (QED) is 0.736. The third-order valence-corrected chi connectivity index (χ3v) is 4.36. The van der Waals surface area contributed by atoms with Crippen LogP contribution in [0.2, 0.25) is 0 Å². The molecule has 2 atom stereocenters. The SMILES string of the molecule is Cl.N[C@]12CCCCC[C@H]1Cc1ccccc12. The first-order valence-corrected chi connectivity index (χ1v) is 6.18. The molecule has 0 aromatic heterocycles. The van der Waals surface area contributed by atoms with Crippen LogP contribution in [0.25, 0.3) is 0 Å². The highest BCUT2D eigenvalue weighted by molar-refractivity contribution is 5.85.